The zero-order valence-corrected chi connectivity index (χ0v) is 16.6. The molecule has 2 atom stereocenters. The van der Waals surface area contributed by atoms with Crippen molar-refractivity contribution in [1.82, 2.24) is 5.06 Å². The van der Waals surface area contributed by atoms with Crippen LogP contribution in [0.4, 0.5) is 22.0 Å². The van der Waals surface area contributed by atoms with E-state index in [4.69, 9.17) is 4.84 Å². The minimum Gasteiger partial charge on any atom is -0.376 e. The van der Waals surface area contributed by atoms with Gasteiger partial charge >= 0.3 is 10.1 Å². The molecule has 0 aliphatic carbocycles. The van der Waals surface area contributed by atoms with Gasteiger partial charge in [-0.25, -0.2) is 13.2 Å². The lowest BCUT2D eigenvalue weighted by atomic mass is 10.0. The van der Waals surface area contributed by atoms with Crippen LogP contribution in [0.25, 0.3) is 10.8 Å². The molecular formula is C20H14F5NO4S. The maximum Gasteiger partial charge on any atom is 0.316 e. The summed E-state index contributed by atoms with van der Waals surface area (Å²) in [7, 11) is -3.44. The molecule has 0 saturated carbocycles. The Morgan fingerprint density at radius 2 is 1.48 bits per heavy atom. The molecule has 0 radical (unpaired) electrons. The van der Waals surface area contributed by atoms with E-state index < -0.39 is 62.9 Å². The second-order valence-electron chi connectivity index (χ2n) is 6.91. The predicted molar refractivity (Wildman–Crippen MR) is 100.0 cm³/mol. The minimum atomic E-state index is -4.89. The van der Waals surface area contributed by atoms with Crippen LogP contribution in [0, 0.1) is 29.1 Å². The molecule has 0 aromatic heterocycles. The monoisotopic (exact) mass is 459 g/mol. The fourth-order valence-corrected chi connectivity index (χ4v) is 4.86. The fraction of sp³-hybridized carbons (Fsp3) is 0.200. The molecule has 164 valence electrons. The number of hydroxylamine groups is 2. The third-order valence-corrected chi connectivity index (χ3v) is 6.58. The molecule has 31 heavy (non-hydrogen) atoms. The molecule has 0 spiro atoms. The minimum absolute atomic E-state index is 0.453. The SMILES string of the molecule is CN1OC[C@@H](S(=O)(=O)Oc2c(F)c(F)c(F)c(F)c2F)[C@@H]1c1ccc2ccccc2c1. The Balaban J connectivity index is 1.74. The molecule has 0 unspecified atom stereocenters. The van der Waals surface area contributed by atoms with E-state index >= 15 is 0 Å². The molecule has 0 N–H and O–H groups in total. The van der Waals surface area contributed by atoms with E-state index in [1.54, 1.807) is 24.3 Å². The lowest BCUT2D eigenvalue weighted by molar-refractivity contribution is -0.110. The molecule has 3 aromatic rings. The third kappa shape index (κ3) is 3.62. The van der Waals surface area contributed by atoms with E-state index in [1.165, 1.54) is 12.1 Å². The first-order valence-electron chi connectivity index (χ1n) is 8.91. The zero-order valence-electron chi connectivity index (χ0n) is 15.8. The van der Waals surface area contributed by atoms with Crippen molar-refractivity contribution < 1.29 is 39.4 Å². The summed E-state index contributed by atoms with van der Waals surface area (Å²) in [5, 5.41) is 1.42. The van der Waals surface area contributed by atoms with Crippen LogP contribution < -0.4 is 4.18 Å². The van der Waals surface area contributed by atoms with Crippen molar-refractivity contribution in [2.75, 3.05) is 13.7 Å². The maximum absolute atomic E-state index is 13.9. The second-order valence-corrected chi connectivity index (χ2v) is 8.66. The number of nitrogens with zero attached hydrogens (tertiary/aromatic N) is 1. The van der Waals surface area contributed by atoms with E-state index in [-0.39, 0.29) is 0 Å². The van der Waals surface area contributed by atoms with E-state index in [9.17, 15) is 30.4 Å². The molecule has 1 fully saturated rings. The molecule has 1 aliphatic rings. The van der Waals surface area contributed by atoms with Crippen molar-refractivity contribution >= 4 is 20.9 Å². The first-order valence-corrected chi connectivity index (χ1v) is 10.4. The maximum atomic E-state index is 13.9. The van der Waals surface area contributed by atoms with Gasteiger partial charge in [0.1, 0.15) is 5.25 Å². The standard InChI is InChI=1S/C20H14F5NO4S/c1-26-19(12-7-6-10-4-2-3-5-11(10)8-12)13(9-29-26)31(27,28)30-20-17(24)15(22)14(21)16(23)18(20)25/h2-8,13,19H,9H2,1H3/t13-,19+/m1/s1. The Kier molecular flexibility index (Phi) is 5.36. The Labute approximate surface area is 173 Å². The van der Waals surface area contributed by atoms with Gasteiger partial charge in [0, 0.05) is 7.05 Å². The molecule has 5 nitrogen and oxygen atoms in total. The number of benzene rings is 3. The molecule has 0 bridgehead atoms. The van der Waals surface area contributed by atoms with Gasteiger partial charge in [0.2, 0.25) is 34.8 Å². The van der Waals surface area contributed by atoms with Crippen molar-refractivity contribution in [2.24, 2.45) is 0 Å². The molecule has 1 heterocycles. The number of rotatable bonds is 4. The fourth-order valence-electron chi connectivity index (χ4n) is 3.49. The quantitative estimate of drug-likeness (QED) is 0.253. The summed E-state index contributed by atoms with van der Waals surface area (Å²) in [4.78, 5) is 5.27. The summed E-state index contributed by atoms with van der Waals surface area (Å²) >= 11 is 0. The van der Waals surface area contributed by atoms with Crippen molar-refractivity contribution in [3.05, 3.63) is 77.1 Å². The average molecular weight is 459 g/mol. The van der Waals surface area contributed by atoms with Crippen LogP contribution in [0.15, 0.2) is 42.5 Å². The van der Waals surface area contributed by atoms with Crippen molar-refractivity contribution in [3.63, 3.8) is 0 Å². The molecule has 1 saturated heterocycles. The lowest BCUT2D eigenvalue weighted by Gasteiger charge is -2.23. The molecule has 4 rings (SSSR count). The topological polar surface area (TPSA) is 55.8 Å². The molecule has 1 aliphatic heterocycles. The first-order chi connectivity index (χ1) is 14.6. The van der Waals surface area contributed by atoms with Gasteiger partial charge in [-0.15, -0.1) is 0 Å². The van der Waals surface area contributed by atoms with Crippen LogP contribution in [0.5, 0.6) is 5.75 Å². The van der Waals surface area contributed by atoms with Gasteiger partial charge in [-0.2, -0.15) is 22.3 Å². The number of fused-ring (bicyclic) bond motifs is 1. The van der Waals surface area contributed by atoms with E-state index in [1.807, 2.05) is 18.2 Å². The van der Waals surface area contributed by atoms with E-state index in [0.717, 1.165) is 10.8 Å². The van der Waals surface area contributed by atoms with Crippen LogP contribution in [0.2, 0.25) is 0 Å². The van der Waals surface area contributed by atoms with Crippen molar-refractivity contribution in [3.8, 4) is 5.75 Å². The largest absolute Gasteiger partial charge is 0.376 e. The summed E-state index contributed by atoms with van der Waals surface area (Å²) in [6.07, 6.45) is 0. The summed E-state index contributed by atoms with van der Waals surface area (Å²) in [6.45, 7) is -0.453. The highest BCUT2D eigenvalue weighted by Gasteiger charge is 2.46. The zero-order chi connectivity index (χ0) is 22.5. The third-order valence-electron chi connectivity index (χ3n) is 5.04. The van der Waals surface area contributed by atoms with E-state index in [0.29, 0.717) is 5.56 Å². The smallest absolute Gasteiger partial charge is 0.316 e. The average Bonchev–Trinajstić information content (AvgIpc) is 3.16. The van der Waals surface area contributed by atoms with Gasteiger partial charge in [0.15, 0.2) is 0 Å². The Bertz CT molecular complexity index is 1260. The van der Waals surface area contributed by atoms with Crippen LogP contribution >= 0.6 is 0 Å². The summed E-state index contributed by atoms with van der Waals surface area (Å²) in [5.41, 5.74) is 0.494. The second kappa shape index (κ2) is 7.74. The highest BCUT2D eigenvalue weighted by Crippen LogP contribution is 2.37. The van der Waals surface area contributed by atoms with Crippen LogP contribution in [-0.4, -0.2) is 32.4 Å². The summed E-state index contributed by atoms with van der Waals surface area (Å²) in [5.74, 6) is -13.7. The summed E-state index contributed by atoms with van der Waals surface area (Å²) < 4.78 is 98.0. The highest BCUT2D eigenvalue weighted by atomic mass is 32.2. The lowest BCUT2D eigenvalue weighted by Crippen LogP contribution is -2.34. The van der Waals surface area contributed by atoms with Gasteiger partial charge < -0.3 is 4.18 Å². The predicted octanol–water partition coefficient (Wildman–Crippen LogP) is 4.23. The highest BCUT2D eigenvalue weighted by molar-refractivity contribution is 7.87. The molecule has 11 heteroatoms. The van der Waals surface area contributed by atoms with Gasteiger partial charge in [-0.3, -0.25) is 4.84 Å². The van der Waals surface area contributed by atoms with Crippen LogP contribution in [0.3, 0.4) is 0 Å². The molecular weight excluding hydrogens is 445 g/mol. The van der Waals surface area contributed by atoms with Gasteiger partial charge in [0.25, 0.3) is 0 Å². The number of halogens is 5. The molecule has 3 aromatic carbocycles. The number of hydrogen-bond donors (Lipinski definition) is 0. The van der Waals surface area contributed by atoms with Crippen molar-refractivity contribution in [2.45, 2.75) is 11.3 Å². The normalized spacial score (nSPS) is 19.8. The Morgan fingerprint density at radius 1 is 0.903 bits per heavy atom. The van der Waals surface area contributed by atoms with Gasteiger partial charge in [0.05, 0.1) is 12.6 Å². The van der Waals surface area contributed by atoms with Gasteiger partial charge in [-0.1, -0.05) is 36.4 Å². The summed E-state index contributed by atoms with van der Waals surface area (Å²) in [6, 6.07) is 11.4. The van der Waals surface area contributed by atoms with Gasteiger partial charge in [-0.05, 0) is 22.4 Å². The van der Waals surface area contributed by atoms with Crippen molar-refractivity contribution in [1.29, 1.82) is 0 Å². The number of hydrogen-bond acceptors (Lipinski definition) is 5. The molecule has 0 amide bonds. The Morgan fingerprint density at radius 3 is 2.13 bits per heavy atom. The van der Waals surface area contributed by atoms with E-state index in [2.05, 4.69) is 4.18 Å². The Hall–Kier alpha value is -2.76. The van der Waals surface area contributed by atoms with Crippen LogP contribution in [0.1, 0.15) is 11.6 Å². The first kappa shape index (κ1) is 21.5. The van der Waals surface area contributed by atoms with Crippen LogP contribution in [-0.2, 0) is 15.0 Å².